The normalized spacial score (nSPS) is 10.7. The van der Waals surface area contributed by atoms with Crippen molar-refractivity contribution in [1.29, 1.82) is 0 Å². The van der Waals surface area contributed by atoms with E-state index in [0.29, 0.717) is 6.54 Å². The zero-order valence-corrected chi connectivity index (χ0v) is 10.1. The van der Waals surface area contributed by atoms with Crippen LogP contribution in [0.5, 0.6) is 0 Å². The first-order valence-corrected chi connectivity index (χ1v) is 5.84. The van der Waals surface area contributed by atoms with Crippen molar-refractivity contribution in [2.75, 3.05) is 5.32 Å². The second-order valence-electron chi connectivity index (χ2n) is 3.79. The molecule has 0 atom stereocenters. The number of fused-ring (bicyclic) bond motifs is 1. The average Bonchev–Trinajstić information content (AvgIpc) is 2.85. The van der Waals surface area contributed by atoms with Crippen molar-refractivity contribution in [2.24, 2.45) is 0 Å². The molecule has 0 saturated heterocycles. The fourth-order valence-corrected chi connectivity index (χ4v) is 1.90. The highest BCUT2D eigenvalue weighted by molar-refractivity contribution is 6.28. The highest BCUT2D eigenvalue weighted by atomic mass is 35.5. The molecule has 0 aromatic carbocycles. The summed E-state index contributed by atoms with van der Waals surface area (Å²) in [5.41, 5.74) is 1.86. The van der Waals surface area contributed by atoms with Gasteiger partial charge in [-0.3, -0.25) is 4.98 Å². The minimum absolute atomic E-state index is 0.224. The van der Waals surface area contributed by atoms with E-state index in [1.807, 2.05) is 24.4 Å². The van der Waals surface area contributed by atoms with Gasteiger partial charge in [0.1, 0.15) is 11.5 Å². The van der Waals surface area contributed by atoms with Crippen molar-refractivity contribution in [3.8, 4) is 0 Å². The number of nitrogens with one attached hydrogen (secondary N) is 2. The number of H-pyrrole nitrogens is 1. The lowest BCUT2D eigenvalue weighted by molar-refractivity contribution is 1.09. The molecule has 3 heterocycles. The van der Waals surface area contributed by atoms with Crippen molar-refractivity contribution in [3.05, 3.63) is 47.6 Å². The number of pyridine rings is 1. The van der Waals surface area contributed by atoms with Gasteiger partial charge >= 0.3 is 0 Å². The fraction of sp³-hybridized carbons (Fsp3) is 0.0833. The number of hydrogen-bond acceptors (Lipinski definition) is 4. The van der Waals surface area contributed by atoms with E-state index in [-0.39, 0.29) is 5.28 Å². The van der Waals surface area contributed by atoms with Crippen molar-refractivity contribution in [1.82, 2.24) is 19.9 Å². The Balaban J connectivity index is 1.88. The van der Waals surface area contributed by atoms with Crippen LogP contribution in [0.15, 0.2) is 36.8 Å². The van der Waals surface area contributed by atoms with E-state index in [4.69, 9.17) is 11.6 Å². The topological polar surface area (TPSA) is 66.5 Å². The Morgan fingerprint density at radius 3 is 2.83 bits per heavy atom. The summed E-state index contributed by atoms with van der Waals surface area (Å²) in [6.45, 7) is 0.663. The zero-order chi connectivity index (χ0) is 12.4. The van der Waals surface area contributed by atoms with Crippen LogP contribution in [0.2, 0.25) is 5.28 Å². The molecule has 0 saturated carbocycles. The number of aromatic amines is 1. The molecule has 0 spiro atoms. The number of rotatable bonds is 3. The highest BCUT2D eigenvalue weighted by Crippen LogP contribution is 2.21. The van der Waals surface area contributed by atoms with Gasteiger partial charge in [0.25, 0.3) is 0 Å². The summed E-state index contributed by atoms with van der Waals surface area (Å²) < 4.78 is 0. The largest absolute Gasteiger partial charge is 0.365 e. The van der Waals surface area contributed by atoms with Gasteiger partial charge < -0.3 is 10.3 Å². The summed E-state index contributed by atoms with van der Waals surface area (Å²) in [6, 6.07) is 5.81. The molecule has 3 rings (SSSR count). The quantitative estimate of drug-likeness (QED) is 0.710. The standard InChI is InChI=1S/C12H10ClN5/c13-12-17-10-9(3-6-15-10)11(18-12)16-7-8-1-4-14-5-2-8/h1-6H,7H2,(H2,15,16,17,18). The molecule has 0 fully saturated rings. The third-order valence-electron chi connectivity index (χ3n) is 2.60. The summed E-state index contributed by atoms with van der Waals surface area (Å²) in [5, 5.41) is 4.40. The predicted octanol–water partition coefficient (Wildman–Crippen LogP) is 2.62. The summed E-state index contributed by atoms with van der Waals surface area (Å²) in [4.78, 5) is 15.3. The van der Waals surface area contributed by atoms with Crippen LogP contribution in [0, 0.1) is 0 Å². The third-order valence-corrected chi connectivity index (χ3v) is 2.77. The average molecular weight is 260 g/mol. The summed E-state index contributed by atoms with van der Waals surface area (Å²) in [6.07, 6.45) is 5.33. The van der Waals surface area contributed by atoms with Crippen LogP contribution in [-0.2, 0) is 6.54 Å². The molecule has 6 heteroatoms. The SMILES string of the molecule is Clc1nc(NCc2ccncc2)c2cc[nH]c2n1. The summed E-state index contributed by atoms with van der Waals surface area (Å²) in [7, 11) is 0. The van der Waals surface area contributed by atoms with E-state index in [2.05, 4.69) is 25.3 Å². The molecule has 0 amide bonds. The monoisotopic (exact) mass is 259 g/mol. The van der Waals surface area contributed by atoms with Crippen LogP contribution in [-0.4, -0.2) is 19.9 Å². The molecular weight excluding hydrogens is 250 g/mol. The molecule has 0 aliphatic heterocycles. The van der Waals surface area contributed by atoms with Gasteiger partial charge in [0, 0.05) is 25.1 Å². The first-order chi connectivity index (χ1) is 8.83. The Kier molecular flexibility index (Phi) is 2.82. The summed E-state index contributed by atoms with van der Waals surface area (Å²) in [5.74, 6) is 0.725. The van der Waals surface area contributed by atoms with Crippen LogP contribution < -0.4 is 5.32 Å². The predicted molar refractivity (Wildman–Crippen MR) is 70.5 cm³/mol. The lowest BCUT2D eigenvalue weighted by atomic mass is 10.2. The van der Waals surface area contributed by atoms with E-state index >= 15 is 0 Å². The van der Waals surface area contributed by atoms with Gasteiger partial charge in [0.15, 0.2) is 0 Å². The first-order valence-electron chi connectivity index (χ1n) is 5.46. The maximum Gasteiger partial charge on any atom is 0.226 e. The number of nitrogens with zero attached hydrogens (tertiary/aromatic N) is 3. The van der Waals surface area contributed by atoms with E-state index in [1.165, 1.54) is 0 Å². The van der Waals surface area contributed by atoms with Crippen LogP contribution in [0.1, 0.15) is 5.56 Å². The molecule has 3 aromatic rings. The van der Waals surface area contributed by atoms with Gasteiger partial charge in [0.2, 0.25) is 5.28 Å². The van der Waals surface area contributed by atoms with E-state index in [0.717, 1.165) is 22.4 Å². The second kappa shape index (κ2) is 4.62. The van der Waals surface area contributed by atoms with Crippen LogP contribution in [0.25, 0.3) is 11.0 Å². The number of hydrogen-bond donors (Lipinski definition) is 2. The van der Waals surface area contributed by atoms with Gasteiger partial charge in [0.05, 0.1) is 5.39 Å². The highest BCUT2D eigenvalue weighted by Gasteiger charge is 2.06. The van der Waals surface area contributed by atoms with Crippen LogP contribution >= 0.6 is 11.6 Å². The second-order valence-corrected chi connectivity index (χ2v) is 4.13. The number of anilines is 1. The Morgan fingerprint density at radius 1 is 1.17 bits per heavy atom. The molecule has 3 aromatic heterocycles. The van der Waals surface area contributed by atoms with E-state index in [1.54, 1.807) is 12.4 Å². The molecule has 0 aliphatic rings. The van der Waals surface area contributed by atoms with Gasteiger partial charge in [-0.15, -0.1) is 0 Å². The molecule has 90 valence electrons. The third kappa shape index (κ3) is 2.12. The van der Waals surface area contributed by atoms with Gasteiger partial charge in [-0.05, 0) is 35.4 Å². The molecule has 0 unspecified atom stereocenters. The van der Waals surface area contributed by atoms with Crippen molar-refractivity contribution in [2.45, 2.75) is 6.54 Å². The smallest absolute Gasteiger partial charge is 0.226 e. The van der Waals surface area contributed by atoms with Crippen LogP contribution in [0.4, 0.5) is 5.82 Å². The van der Waals surface area contributed by atoms with Crippen molar-refractivity contribution < 1.29 is 0 Å². The van der Waals surface area contributed by atoms with Gasteiger partial charge in [-0.1, -0.05) is 0 Å². The maximum absolute atomic E-state index is 5.87. The van der Waals surface area contributed by atoms with Crippen molar-refractivity contribution >= 4 is 28.5 Å². The molecule has 5 nitrogen and oxygen atoms in total. The van der Waals surface area contributed by atoms with Crippen LogP contribution in [0.3, 0.4) is 0 Å². The maximum atomic E-state index is 5.87. The Morgan fingerprint density at radius 2 is 2.00 bits per heavy atom. The lowest BCUT2D eigenvalue weighted by Gasteiger charge is -2.06. The van der Waals surface area contributed by atoms with Gasteiger partial charge in [-0.25, -0.2) is 4.98 Å². The Labute approximate surface area is 108 Å². The minimum atomic E-state index is 0.224. The van der Waals surface area contributed by atoms with Gasteiger partial charge in [-0.2, -0.15) is 4.98 Å². The Bertz CT molecular complexity index is 665. The Hall–Kier alpha value is -2.14. The molecular formula is C12H10ClN5. The summed E-state index contributed by atoms with van der Waals surface area (Å²) >= 11 is 5.87. The minimum Gasteiger partial charge on any atom is -0.365 e. The zero-order valence-electron chi connectivity index (χ0n) is 9.39. The number of halogens is 1. The van der Waals surface area contributed by atoms with Crippen molar-refractivity contribution in [3.63, 3.8) is 0 Å². The first kappa shape index (κ1) is 11.0. The molecule has 18 heavy (non-hydrogen) atoms. The molecule has 0 radical (unpaired) electrons. The molecule has 0 bridgehead atoms. The molecule has 0 aliphatic carbocycles. The fourth-order valence-electron chi connectivity index (χ4n) is 1.74. The number of aromatic nitrogens is 4. The lowest BCUT2D eigenvalue weighted by Crippen LogP contribution is -2.02. The molecule has 2 N–H and O–H groups in total. The van der Waals surface area contributed by atoms with E-state index in [9.17, 15) is 0 Å². The van der Waals surface area contributed by atoms with E-state index < -0.39 is 0 Å².